The molecule has 2 aromatic rings. The highest BCUT2D eigenvalue weighted by molar-refractivity contribution is 7.98. The molecule has 0 aliphatic rings. The number of hydrogen-bond acceptors (Lipinski definition) is 4. The monoisotopic (exact) mass is 264 g/mol. The maximum atomic E-state index is 9.02. The zero-order valence-corrected chi connectivity index (χ0v) is 11.0. The van der Waals surface area contributed by atoms with Gasteiger partial charge in [0.2, 0.25) is 0 Å². The van der Waals surface area contributed by atoms with Crippen LogP contribution in [0.25, 0.3) is 5.69 Å². The first kappa shape index (κ1) is 11.4. The van der Waals surface area contributed by atoms with Gasteiger partial charge in [-0.3, -0.25) is 4.57 Å². The number of benzene rings is 1. The van der Waals surface area contributed by atoms with Crippen molar-refractivity contribution in [1.29, 1.82) is 5.26 Å². The van der Waals surface area contributed by atoms with Crippen LogP contribution in [0.4, 0.5) is 0 Å². The van der Waals surface area contributed by atoms with E-state index < -0.39 is 0 Å². The fourth-order valence-corrected chi connectivity index (χ4v) is 3.65. The van der Waals surface area contributed by atoms with Gasteiger partial charge in [0, 0.05) is 5.69 Å². The molecular weight excluding hydrogens is 256 g/mol. The second kappa shape index (κ2) is 4.83. The fourth-order valence-electron chi connectivity index (χ4n) is 1.42. The Labute approximate surface area is 107 Å². The fraction of sp³-hybridized carbons (Fsp3) is 0.0909. The van der Waals surface area contributed by atoms with Crippen LogP contribution in [-0.4, -0.2) is 10.8 Å². The van der Waals surface area contributed by atoms with Crippen LogP contribution in [0.1, 0.15) is 4.88 Å². The van der Waals surface area contributed by atoms with Gasteiger partial charge in [-0.2, -0.15) is 5.26 Å². The Morgan fingerprint density at radius 3 is 2.62 bits per heavy atom. The number of nitrogens with zero attached hydrogens (tertiary/aromatic N) is 2. The molecular formula is C11H8N2S3. The summed E-state index contributed by atoms with van der Waals surface area (Å²) in [5, 5.41) is 9.94. The van der Waals surface area contributed by atoms with Gasteiger partial charge in [-0.05, 0) is 30.6 Å². The Balaban J connectivity index is 2.71. The van der Waals surface area contributed by atoms with E-state index in [1.54, 1.807) is 11.8 Å². The van der Waals surface area contributed by atoms with Crippen LogP contribution in [0.15, 0.2) is 35.4 Å². The van der Waals surface area contributed by atoms with E-state index in [0.29, 0.717) is 8.83 Å². The zero-order chi connectivity index (χ0) is 11.5. The zero-order valence-electron chi connectivity index (χ0n) is 8.51. The Morgan fingerprint density at radius 2 is 2.06 bits per heavy atom. The lowest BCUT2D eigenvalue weighted by Crippen LogP contribution is -1.95. The summed E-state index contributed by atoms with van der Waals surface area (Å²) in [5.74, 6) is 0. The lowest BCUT2D eigenvalue weighted by atomic mass is 10.3. The van der Waals surface area contributed by atoms with Gasteiger partial charge < -0.3 is 0 Å². The van der Waals surface area contributed by atoms with E-state index in [0.717, 1.165) is 10.7 Å². The van der Waals surface area contributed by atoms with E-state index in [9.17, 15) is 0 Å². The Bertz CT molecular complexity index is 590. The molecule has 0 unspecified atom stereocenters. The molecule has 2 rings (SSSR count). The molecule has 0 radical (unpaired) electrons. The van der Waals surface area contributed by atoms with Gasteiger partial charge in [-0.15, -0.1) is 11.8 Å². The number of hydrogen-bond donors (Lipinski definition) is 0. The Hall–Kier alpha value is -1.09. The van der Waals surface area contributed by atoms with E-state index in [1.165, 1.54) is 11.3 Å². The van der Waals surface area contributed by atoms with Crippen molar-refractivity contribution in [2.24, 2.45) is 0 Å². The van der Waals surface area contributed by atoms with Gasteiger partial charge in [0.15, 0.2) is 3.95 Å². The highest BCUT2D eigenvalue weighted by Gasteiger charge is 2.12. The summed E-state index contributed by atoms with van der Waals surface area (Å²) in [5.41, 5.74) is 1.01. The van der Waals surface area contributed by atoms with Crippen molar-refractivity contribution in [3.63, 3.8) is 0 Å². The van der Waals surface area contributed by atoms with Crippen molar-refractivity contribution in [3.05, 3.63) is 39.2 Å². The summed E-state index contributed by atoms with van der Waals surface area (Å²) < 4.78 is 2.66. The summed E-state index contributed by atoms with van der Waals surface area (Å²) in [6, 6.07) is 12.1. The van der Waals surface area contributed by atoms with E-state index in [-0.39, 0.29) is 0 Å². The molecule has 0 bridgehead atoms. The number of thiazole rings is 1. The highest BCUT2D eigenvalue weighted by atomic mass is 32.2. The molecule has 0 aliphatic heterocycles. The molecule has 0 fully saturated rings. The summed E-state index contributed by atoms with van der Waals surface area (Å²) in [4.78, 5) is 0.682. The van der Waals surface area contributed by atoms with Crippen LogP contribution in [0.5, 0.6) is 0 Å². The molecule has 80 valence electrons. The van der Waals surface area contributed by atoms with Crippen LogP contribution in [0, 0.1) is 15.3 Å². The highest BCUT2D eigenvalue weighted by Crippen LogP contribution is 2.29. The number of aromatic nitrogens is 1. The SMILES string of the molecule is CSc1c(C#N)sc(=S)n1-c1ccccc1. The van der Waals surface area contributed by atoms with E-state index in [1.807, 2.05) is 41.2 Å². The van der Waals surface area contributed by atoms with Crippen LogP contribution in [0.2, 0.25) is 0 Å². The molecule has 1 heterocycles. The van der Waals surface area contributed by atoms with Gasteiger partial charge in [-0.1, -0.05) is 29.5 Å². The smallest absolute Gasteiger partial charge is 0.167 e. The van der Waals surface area contributed by atoms with Crippen LogP contribution < -0.4 is 0 Å². The second-order valence-corrected chi connectivity index (χ2v) is 5.43. The lowest BCUT2D eigenvalue weighted by molar-refractivity contribution is 0.941. The quantitative estimate of drug-likeness (QED) is 0.609. The van der Waals surface area contributed by atoms with Gasteiger partial charge in [0.1, 0.15) is 16.0 Å². The maximum Gasteiger partial charge on any atom is 0.167 e. The molecule has 0 spiro atoms. The molecule has 0 atom stereocenters. The van der Waals surface area contributed by atoms with Crippen molar-refractivity contribution >= 4 is 35.3 Å². The molecule has 0 aliphatic carbocycles. The molecule has 1 aromatic carbocycles. The van der Waals surface area contributed by atoms with E-state index in [4.69, 9.17) is 17.5 Å². The van der Waals surface area contributed by atoms with Crippen LogP contribution in [0.3, 0.4) is 0 Å². The Morgan fingerprint density at radius 1 is 1.38 bits per heavy atom. The first-order valence-electron chi connectivity index (χ1n) is 4.53. The minimum atomic E-state index is 0.682. The molecule has 5 heteroatoms. The van der Waals surface area contributed by atoms with Crippen molar-refractivity contribution in [1.82, 2.24) is 4.57 Å². The number of thioether (sulfide) groups is 1. The second-order valence-electron chi connectivity index (χ2n) is 2.99. The van der Waals surface area contributed by atoms with Crippen molar-refractivity contribution in [2.75, 3.05) is 6.26 Å². The number of nitriles is 1. The average molecular weight is 264 g/mol. The molecule has 0 saturated heterocycles. The largest absolute Gasteiger partial charge is 0.285 e. The first-order chi connectivity index (χ1) is 7.77. The normalized spacial score (nSPS) is 10.0. The minimum absolute atomic E-state index is 0.682. The average Bonchev–Trinajstić information content (AvgIpc) is 2.66. The molecule has 16 heavy (non-hydrogen) atoms. The summed E-state index contributed by atoms with van der Waals surface area (Å²) in [6.07, 6.45) is 1.96. The minimum Gasteiger partial charge on any atom is -0.285 e. The summed E-state index contributed by atoms with van der Waals surface area (Å²) >= 11 is 8.19. The van der Waals surface area contributed by atoms with Gasteiger partial charge in [0.05, 0.1) is 0 Å². The Kier molecular flexibility index (Phi) is 3.44. The van der Waals surface area contributed by atoms with Gasteiger partial charge >= 0.3 is 0 Å². The molecule has 2 nitrogen and oxygen atoms in total. The summed E-state index contributed by atoms with van der Waals surface area (Å²) in [7, 11) is 0. The molecule has 0 saturated carbocycles. The van der Waals surface area contributed by atoms with Crippen molar-refractivity contribution in [3.8, 4) is 11.8 Å². The van der Waals surface area contributed by atoms with Crippen LogP contribution >= 0.6 is 35.3 Å². The lowest BCUT2D eigenvalue weighted by Gasteiger charge is -2.05. The van der Waals surface area contributed by atoms with Gasteiger partial charge in [0.25, 0.3) is 0 Å². The predicted molar refractivity (Wildman–Crippen MR) is 71.0 cm³/mol. The summed E-state index contributed by atoms with van der Waals surface area (Å²) in [6.45, 7) is 0. The van der Waals surface area contributed by atoms with Crippen LogP contribution in [-0.2, 0) is 0 Å². The third kappa shape index (κ3) is 1.92. The molecule has 0 N–H and O–H groups in total. The standard InChI is InChI=1S/C11H8N2S3/c1-15-10-9(7-12)16-11(14)13(10)8-5-3-2-4-6-8/h2-6H,1H3. The van der Waals surface area contributed by atoms with E-state index in [2.05, 4.69) is 6.07 Å². The van der Waals surface area contributed by atoms with E-state index >= 15 is 0 Å². The molecule has 0 amide bonds. The van der Waals surface area contributed by atoms with Gasteiger partial charge in [-0.25, -0.2) is 0 Å². The third-order valence-electron chi connectivity index (χ3n) is 2.08. The third-order valence-corrected chi connectivity index (χ3v) is 4.26. The number of rotatable bonds is 2. The first-order valence-corrected chi connectivity index (χ1v) is 6.98. The maximum absolute atomic E-state index is 9.02. The topological polar surface area (TPSA) is 28.7 Å². The predicted octanol–water partition coefficient (Wildman–Crippen LogP) is 3.86. The van der Waals surface area contributed by atoms with Crippen molar-refractivity contribution in [2.45, 2.75) is 5.03 Å². The van der Waals surface area contributed by atoms with Crippen molar-refractivity contribution < 1.29 is 0 Å². The number of para-hydroxylation sites is 1. The molecule has 1 aromatic heterocycles.